The molecule has 1 aliphatic rings. The van der Waals surface area contributed by atoms with Gasteiger partial charge in [0.2, 0.25) is 0 Å². The van der Waals surface area contributed by atoms with E-state index in [0.29, 0.717) is 6.42 Å². The Balaban J connectivity index is 2.24. The van der Waals surface area contributed by atoms with Crippen LogP contribution in [0, 0.1) is 0 Å². The van der Waals surface area contributed by atoms with Gasteiger partial charge >= 0.3 is 0 Å². The maximum atomic E-state index is 12.1. The van der Waals surface area contributed by atoms with Crippen molar-refractivity contribution < 1.29 is 18.7 Å². The summed E-state index contributed by atoms with van der Waals surface area (Å²) in [4.78, 5) is 0. The van der Waals surface area contributed by atoms with Crippen LogP contribution >= 0.6 is 0 Å². The van der Waals surface area contributed by atoms with E-state index in [-0.39, 0.29) is 22.1 Å². The summed E-state index contributed by atoms with van der Waals surface area (Å²) in [6, 6.07) is 8.72. The van der Waals surface area contributed by atoms with Gasteiger partial charge in [0.05, 0.1) is 11.7 Å². The molecule has 0 amide bonds. The van der Waals surface area contributed by atoms with E-state index in [4.69, 9.17) is 13.6 Å². The third-order valence-corrected chi connectivity index (χ3v) is 18.4. The van der Waals surface area contributed by atoms with E-state index >= 15 is 0 Å². The SMILES string of the molecule is COCCCC[C@]1(O)C=C[C@@H](O[Si](C)(C)C(C)(C)C)[C@@H]1c1ccccc1CCCCO[Si](C)(C)C(C)(C)C. The molecule has 0 spiro atoms. The van der Waals surface area contributed by atoms with Crippen LogP contribution in [0.1, 0.15) is 90.7 Å². The summed E-state index contributed by atoms with van der Waals surface area (Å²) in [5.74, 6) is -0.0983. The second-order valence-electron chi connectivity index (χ2n) is 14.4. The summed E-state index contributed by atoms with van der Waals surface area (Å²) in [7, 11) is -2.01. The zero-order valence-electron chi connectivity index (χ0n) is 26.4. The average molecular weight is 563 g/mol. The van der Waals surface area contributed by atoms with E-state index in [0.717, 1.165) is 45.3 Å². The summed E-state index contributed by atoms with van der Waals surface area (Å²) in [5, 5.41) is 12.4. The van der Waals surface area contributed by atoms with Gasteiger partial charge in [0.1, 0.15) is 0 Å². The molecule has 0 saturated heterocycles. The van der Waals surface area contributed by atoms with Crippen LogP contribution in [0.2, 0.25) is 36.3 Å². The number of unbranched alkanes of at least 4 members (excludes halogenated alkanes) is 2. The molecular formula is C32H58O4Si2. The average Bonchev–Trinajstić information content (AvgIpc) is 3.10. The molecule has 0 fully saturated rings. The van der Waals surface area contributed by atoms with Gasteiger partial charge in [0.25, 0.3) is 0 Å². The van der Waals surface area contributed by atoms with Crippen LogP contribution in [0.5, 0.6) is 0 Å². The minimum absolute atomic E-state index is 0.0983. The molecule has 0 radical (unpaired) electrons. The molecule has 0 saturated carbocycles. The molecule has 4 nitrogen and oxygen atoms in total. The molecule has 0 heterocycles. The van der Waals surface area contributed by atoms with Crippen molar-refractivity contribution in [2.75, 3.05) is 20.3 Å². The number of aliphatic hydroxyl groups is 1. The van der Waals surface area contributed by atoms with Gasteiger partial charge in [-0.2, -0.15) is 0 Å². The summed E-state index contributed by atoms with van der Waals surface area (Å²) in [6.45, 7) is 24.5. The van der Waals surface area contributed by atoms with Gasteiger partial charge < -0.3 is 18.7 Å². The molecule has 6 heteroatoms. The van der Waals surface area contributed by atoms with Crippen molar-refractivity contribution in [1.29, 1.82) is 0 Å². The smallest absolute Gasteiger partial charge is 0.192 e. The lowest BCUT2D eigenvalue weighted by molar-refractivity contribution is 0.0244. The van der Waals surface area contributed by atoms with Gasteiger partial charge in [-0.05, 0) is 85.9 Å². The predicted octanol–water partition coefficient (Wildman–Crippen LogP) is 8.62. The summed E-state index contributed by atoms with van der Waals surface area (Å²) < 4.78 is 18.7. The fourth-order valence-electron chi connectivity index (χ4n) is 4.75. The number of methoxy groups -OCH3 is 1. The van der Waals surface area contributed by atoms with Crippen molar-refractivity contribution in [3.8, 4) is 0 Å². The highest BCUT2D eigenvalue weighted by Crippen LogP contribution is 2.47. The van der Waals surface area contributed by atoms with Crippen LogP contribution in [0.4, 0.5) is 0 Å². The van der Waals surface area contributed by atoms with Crippen molar-refractivity contribution in [2.24, 2.45) is 0 Å². The Kier molecular flexibility index (Phi) is 11.7. The van der Waals surface area contributed by atoms with Crippen molar-refractivity contribution >= 4 is 16.6 Å². The van der Waals surface area contributed by atoms with Gasteiger partial charge in [-0.25, -0.2) is 0 Å². The van der Waals surface area contributed by atoms with E-state index < -0.39 is 22.2 Å². The largest absolute Gasteiger partial charge is 0.417 e. The van der Waals surface area contributed by atoms with E-state index in [1.807, 2.05) is 6.08 Å². The van der Waals surface area contributed by atoms with E-state index in [1.165, 1.54) is 11.1 Å². The Morgan fingerprint density at radius 2 is 1.45 bits per heavy atom. The lowest BCUT2D eigenvalue weighted by atomic mass is 9.78. The quantitative estimate of drug-likeness (QED) is 0.140. The molecule has 1 aromatic carbocycles. The van der Waals surface area contributed by atoms with Crippen molar-refractivity contribution in [3.05, 3.63) is 47.5 Å². The Hall–Kier alpha value is -0.766. The molecule has 1 aromatic rings. The Bertz CT molecular complexity index is 897. The van der Waals surface area contributed by atoms with Crippen LogP contribution in [0.25, 0.3) is 0 Å². The molecule has 38 heavy (non-hydrogen) atoms. The molecule has 3 atom stereocenters. The zero-order valence-corrected chi connectivity index (χ0v) is 28.4. The molecule has 218 valence electrons. The molecule has 1 aliphatic carbocycles. The topological polar surface area (TPSA) is 47.9 Å². The molecule has 2 rings (SSSR count). The Morgan fingerprint density at radius 1 is 0.842 bits per heavy atom. The predicted molar refractivity (Wildman–Crippen MR) is 167 cm³/mol. The van der Waals surface area contributed by atoms with Crippen molar-refractivity contribution in [3.63, 3.8) is 0 Å². The Labute approximate surface area is 236 Å². The molecule has 0 bridgehead atoms. The standard InChI is InChI=1S/C32H58O4Si2/c1-30(2,3)37(8,9)35-25-16-14-19-26-18-12-13-20-27(26)29-28(36-38(10,11)31(4,5)6)21-23-32(29,33)22-15-17-24-34-7/h12-13,18,20-21,23,28-29,33H,14-17,19,22,24-25H2,1-11H3/t28-,29+,32+/m1/s1. The van der Waals surface area contributed by atoms with Crippen LogP contribution in [0.15, 0.2) is 36.4 Å². The fraction of sp³-hybridized carbons (Fsp3) is 0.750. The molecule has 1 N–H and O–H groups in total. The van der Waals surface area contributed by atoms with Crippen LogP contribution in [-0.2, 0) is 20.0 Å². The summed E-state index contributed by atoms with van der Waals surface area (Å²) in [5.41, 5.74) is 1.65. The van der Waals surface area contributed by atoms with Gasteiger partial charge in [0.15, 0.2) is 16.6 Å². The highest BCUT2D eigenvalue weighted by molar-refractivity contribution is 6.74. The summed E-state index contributed by atoms with van der Waals surface area (Å²) >= 11 is 0. The molecule has 0 unspecified atom stereocenters. The molecule has 0 aliphatic heterocycles. The number of rotatable bonds is 14. The first kappa shape index (κ1) is 33.4. The van der Waals surface area contributed by atoms with Crippen molar-refractivity contribution in [1.82, 2.24) is 0 Å². The number of aryl methyl sites for hydroxylation is 1. The fourth-order valence-corrected chi connectivity index (χ4v) is 7.09. The third-order valence-electron chi connectivity index (χ3n) is 9.35. The van der Waals surface area contributed by atoms with Gasteiger partial charge in [-0.15, -0.1) is 0 Å². The minimum atomic E-state index is -2.03. The van der Waals surface area contributed by atoms with Gasteiger partial charge in [-0.1, -0.05) is 78.0 Å². The second-order valence-corrected chi connectivity index (χ2v) is 24.0. The lowest BCUT2D eigenvalue weighted by Gasteiger charge is -2.42. The lowest BCUT2D eigenvalue weighted by Crippen LogP contribution is -2.47. The molecule has 0 aromatic heterocycles. The number of hydrogen-bond donors (Lipinski definition) is 1. The van der Waals surface area contributed by atoms with E-state index in [9.17, 15) is 5.11 Å². The first-order valence-corrected chi connectivity index (χ1v) is 20.6. The van der Waals surface area contributed by atoms with Gasteiger partial charge in [0, 0.05) is 26.2 Å². The highest BCUT2D eigenvalue weighted by atomic mass is 28.4. The van der Waals surface area contributed by atoms with E-state index in [1.54, 1.807) is 7.11 Å². The highest BCUT2D eigenvalue weighted by Gasteiger charge is 2.49. The van der Waals surface area contributed by atoms with Crippen molar-refractivity contribution in [2.45, 2.75) is 134 Å². The van der Waals surface area contributed by atoms with E-state index in [2.05, 4.69) is 98.1 Å². The number of hydrogen-bond acceptors (Lipinski definition) is 4. The minimum Gasteiger partial charge on any atom is -0.417 e. The normalized spacial score (nSPS) is 22.8. The second kappa shape index (κ2) is 13.3. The zero-order chi connectivity index (χ0) is 28.8. The van der Waals surface area contributed by atoms with Crippen LogP contribution in [-0.4, -0.2) is 53.8 Å². The first-order valence-electron chi connectivity index (χ1n) is 14.8. The summed E-state index contributed by atoms with van der Waals surface area (Å²) in [6.07, 6.45) is 9.75. The first-order chi connectivity index (χ1) is 17.5. The third kappa shape index (κ3) is 8.61. The maximum absolute atomic E-state index is 12.1. The maximum Gasteiger partial charge on any atom is 0.192 e. The monoisotopic (exact) mass is 562 g/mol. The Morgan fingerprint density at radius 3 is 2.05 bits per heavy atom. The van der Waals surface area contributed by atoms with Gasteiger partial charge in [-0.3, -0.25) is 0 Å². The van der Waals surface area contributed by atoms with Crippen LogP contribution in [0.3, 0.4) is 0 Å². The molecular weight excluding hydrogens is 505 g/mol. The van der Waals surface area contributed by atoms with Crippen LogP contribution < -0.4 is 0 Å². The number of ether oxygens (including phenoxy) is 1. The number of benzene rings is 1.